The molecule has 1 aliphatic rings. The number of nitrogens with two attached hydrogens (primary N) is 2. The summed E-state index contributed by atoms with van der Waals surface area (Å²) in [6.07, 6.45) is -1.72. The van der Waals surface area contributed by atoms with E-state index in [2.05, 4.69) is 15.0 Å². The SMILES string of the molecule is C[Se]C[C@H]1O[C@@H](n2cnc3c(N)nc(N)nc32)[C@H](O)[C@@H]1O. The maximum absolute atomic E-state index is 10.2. The van der Waals surface area contributed by atoms with Crippen molar-refractivity contribution in [3.8, 4) is 0 Å². The fraction of sp³-hybridized carbons (Fsp3) is 0.545. The first-order valence-electron chi connectivity index (χ1n) is 6.29. The molecule has 0 bridgehead atoms. The van der Waals surface area contributed by atoms with Gasteiger partial charge in [0.15, 0.2) is 0 Å². The van der Waals surface area contributed by atoms with Gasteiger partial charge in [0.2, 0.25) is 0 Å². The third kappa shape index (κ3) is 2.34. The molecule has 0 aliphatic carbocycles. The fourth-order valence-electron chi connectivity index (χ4n) is 2.40. The second kappa shape index (κ2) is 5.39. The number of aliphatic hydroxyl groups excluding tert-OH is 2. The number of hydrogen-bond acceptors (Lipinski definition) is 8. The zero-order valence-corrected chi connectivity index (χ0v) is 13.0. The quantitative estimate of drug-likeness (QED) is 0.499. The second-order valence-corrected chi connectivity index (χ2v) is 6.70. The van der Waals surface area contributed by atoms with E-state index in [4.69, 9.17) is 16.2 Å². The van der Waals surface area contributed by atoms with Gasteiger partial charge in [-0.1, -0.05) is 0 Å². The van der Waals surface area contributed by atoms with E-state index in [9.17, 15) is 10.2 Å². The van der Waals surface area contributed by atoms with Crippen LogP contribution in [-0.2, 0) is 4.74 Å². The molecule has 0 saturated carbocycles. The van der Waals surface area contributed by atoms with Crippen LogP contribution in [-0.4, -0.2) is 63.0 Å². The van der Waals surface area contributed by atoms with Crippen LogP contribution in [0.5, 0.6) is 0 Å². The summed E-state index contributed by atoms with van der Waals surface area (Å²) in [5, 5.41) is 21.0. The Bertz CT molecular complexity index is 665. The monoisotopic (exact) mass is 360 g/mol. The van der Waals surface area contributed by atoms with Gasteiger partial charge in [-0.05, 0) is 0 Å². The van der Waals surface area contributed by atoms with Crippen LogP contribution in [0.3, 0.4) is 0 Å². The van der Waals surface area contributed by atoms with Crippen molar-refractivity contribution in [2.24, 2.45) is 0 Å². The average molecular weight is 359 g/mol. The zero-order chi connectivity index (χ0) is 15.1. The van der Waals surface area contributed by atoms with Crippen molar-refractivity contribution in [2.75, 3.05) is 11.5 Å². The number of aromatic nitrogens is 4. The molecule has 114 valence electrons. The summed E-state index contributed by atoms with van der Waals surface area (Å²) in [6.45, 7) is 0. The van der Waals surface area contributed by atoms with Gasteiger partial charge in [0, 0.05) is 0 Å². The Hall–Kier alpha value is -1.45. The number of ether oxygens (including phenoxy) is 1. The van der Waals surface area contributed by atoms with Crippen molar-refractivity contribution in [2.45, 2.75) is 35.7 Å². The van der Waals surface area contributed by atoms with Gasteiger partial charge in [-0.15, -0.1) is 0 Å². The second-order valence-electron chi connectivity index (χ2n) is 4.79. The molecule has 3 heterocycles. The number of anilines is 2. The van der Waals surface area contributed by atoms with Gasteiger partial charge in [-0.3, -0.25) is 0 Å². The van der Waals surface area contributed by atoms with Crippen molar-refractivity contribution in [1.82, 2.24) is 19.5 Å². The molecule has 9 nitrogen and oxygen atoms in total. The number of hydrogen-bond donors (Lipinski definition) is 4. The van der Waals surface area contributed by atoms with Gasteiger partial charge in [0.25, 0.3) is 0 Å². The van der Waals surface area contributed by atoms with Crippen LogP contribution in [0.25, 0.3) is 11.2 Å². The third-order valence-electron chi connectivity index (χ3n) is 3.41. The van der Waals surface area contributed by atoms with Crippen LogP contribution in [0, 0.1) is 0 Å². The number of imidazole rings is 1. The Labute approximate surface area is 126 Å². The van der Waals surface area contributed by atoms with Crippen molar-refractivity contribution >= 4 is 37.9 Å². The van der Waals surface area contributed by atoms with E-state index in [0.717, 1.165) is 0 Å². The molecule has 0 radical (unpaired) electrons. The molecule has 0 amide bonds. The first-order valence-corrected chi connectivity index (χ1v) is 9.21. The minimum atomic E-state index is -1.06. The Morgan fingerprint density at radius 1 is 1.33 bits per heavy atom. The Kier molecular flexibility index (Phi) is 3.72. The van der Waals surface area contributed by atoms with E-state index < -0.39 is 24.5 Å². The van der Waals surface area contributed by atoms with Gasteiger partial charge >= 0.3 is 126 Å². The van der Waals surface area contributed by atoms with Gasteiger partial charge in [0.05, 0.1) is 0 Å². The summed E-state index contributed by atoms with van der Waals surface area (Å²) < 4.78 is 7.28. The molecule has 6 N–H and O–H groups in total. The van der Waals surface area contributed by atoms with Crippen LogP contribution in [0.2, 0.25) is 11.1 Å². The number of nitrogens with zero attached hydrogens (tertiary/aromatic N) is 4. The molecule has 1 fully saturated rings. The molecule has 10 heteroatoms. The predicted octanol–water partition coefficient (Wildman–Crippen LogP) is -1.22. The van der Waals surface area contributed by atoms with E-state index in [1.807, 2.05) is 5.82 Å². The molecule has 3 rings (SSSR count). The van der Waals surface area contributed by atoms with Crippen LogP contribution in [0.4, 0.5) is 11.8 Å². The number of nitrogen functional groups attached to an aromatic ring is 2. The molecule has 2 aromatic heterocycles. The van der Waals surface area contributed by atoms with Gasteiger partial charge in [-0.25, -0.2) is 0 Å². The van der Waals surface area contributed by atoms with Crippen molar-refractivity contribution in [3.63, 3.8) is 0 Å². The number of rotatable bonds is 3. The molecular weight excluding hydrogens is 343 g/mol. The summed E-state index contributed by atoms with van der Waals surface area (Å²) in [4.78, 5) is 12.1. The van der Waals surface area contributed by atoms with E-state index in [-0.39, 0.29) is 11.8 Å². The van der Waals surface area contributed by atoms with Crippen LogP contribution < -0.4 is 11.5 Å². The van der Waals surface area contributed by atoms with Gasteiger partial charge in [0.1, 0.15) is 0 Å². The molecule has 0 unspecified atom stereocenters. The fourth-order valence-corrected chi connectivity index (χ4v) is 3.67. The number of fused-ring (bicyclic) bond motifs is 1. The molecule has 1 aliphatic heterocycles. The summed E-state index contributed by atoms with van der Waals surface area (Å²) in [5.74, 6) is 2.23. The first-order chi connectivity index (χ1) is 10.0. The van der Waals surface area contributed by atoms with Crippen molar-refractivity contribution in [1.29, 1.82) is 0 Å². The maximum atomic E-state index is 10.2. The summed E-state index contributed by atoms with van der Waals surface area (Å²) in [7, 11) is 0. The molecule has 2 aromatic rings. The van der Waals surface area contributed by atoms with Crippen LogP contribution in [0.1, 0.15) is 6.23 Å². The standard InChI is InChI=1S/C11H16N6O3Se/c1-21-2-4-6(18)7(19)10(20-4)17-3-14-5-8(12)15-11(13)16-9(5)17/h3-4,6-7,10,18-19H,2H2,1H3,(H4,12,13,15,16)/t4-,6-,7-,10-/m1/s1. The van der Waals surface area contributed by atoms with E-state index in [0.29, 0.717) is 31.4 Å². The molecule has 21 heavy (non-hydrogen) atoms. The van der Waals surface area contributed by atoms with Crippen molar-refractivity contribution in [3.05, 3.63) is 6.33 Å². The summed E-state index contributed by atoms with van der Waals surface area (Å²) in [6, 6.07) is 0. The normalized spacial score (nSPS) is 29.3. The number of aliphatic hydroxyl groups is 2. The van der Waals surface area contributed by atoms with Gasteiger partial charge < -0.3 is 0 Å². The van der Waals surface area contributed by atoms with E-state index in [1.165, 1.54) is 10.9 Å². The Balaban J connectivity index is 2.01. The summed E-state index contributed by atoms with van der Waals surface area (Å²) >= 11 is 0.328. The van der Waals surface area contributed by atoms with Crippen LogP contribution >= 0.6 is 0 Å². The first kappa shape index (κ1) is 14.5. The molecule has 1 saturated heterocycles. The molecule has 0 spiro atoms. The molecule has 0 aromatic carbocycles. The predicted molar refractivity (Wildman–Crippen MR) is 76.5 cm³/mol. The van der Waals surface area contributed by atoms with E-state index in [1.54, 1.807) is 0 Å². The van der Waals surface area contributed by atoms with Gasteiger partial charge in [-0.2, -0.15) is 0 Å². The third-order valence-corrected chi connectivity index (χ3v) is 4.80. The topological polar surface area (TPSA) is 145 Å². The zero-order valence-electron chi connectivity index (χ0n) is 11.2. The minimum absolute atomic E-state index is 0.0169. The summed E-state index contributed by atoms with van der Waals surface area (Å²) in [5.41, 5.74) is 12.1. The Morgan fingerprint density at radius 2 is 2.10 bits per heavy atom. The molecular formula is C11H16N6O3Se. The van der Waals surface area contributed by atoms with E-state index >= 15 is 0 Å². The molecule has 4 atom stereocenters. The average Bonchev–Trinajstić information content (AvgIpc) is 2.96. The van der Waals surface area contributed by atoms with Crippen molar-refractivity contribution < 1.29 is 14.9 Å². The Morgan fingerprint density at radius 3 is 2.81 bits per heavy atom. The van der Waals surface area contributed by atoms with Crippen LogP contribution in [0.15, 0.2) is 6.33 Å².